The van der Waals surface area contributed by atoms with E-state index in [1.807, 2.05) is 0 Å². The van der Waals surface area contributed by atoms with Gasteiger partial charge in [0.1, 0.15) is 13.4 Å². The van der Waals surface area contributed by atoms with Crippen LogP contribution in [0.1, 0.15) is 10.4 Å². The predicted octanol–water partition coefficient (Wildman–Crippen LogP) is 1.99. The third-order valence-electron chi connectivity index (χ3n) is 2.79. The van der Waals surface area contributed by atoms with Crippen molar-refractivity contribution in [1.29, 1.82) is 0 Å². The molecule has 0 bridgehead atoms. The van der Waals surface area contributed by atoms with Crippen LogP contribution in [0, 0.1) is 0 Å². The van der Waals surface area contributed by atoms with Gasteiger partial charge >= 0.3 is 5.97 Å². The van der Waals surface area contributed by atoms with Crippen molar-refractivity contribution in [3.05, 3.63) is 48.0 Å². The minimum Gasteiger partial charge on any atom is -0.478 e. The Hall–Kier alpha value is -2.56. The molecule has 4 nitrogen and oxygen atoms in total. The summed E-state index contributed by atoms with van der Waals surface area (Å²) in [7, 11) is 5.62. The molecule has 2 aromatic carbocycles. The molecule has 90 valence electrons. The van der Waals surface area contributed by atoms with E-state index < -0.39 is 5.97 Å². The average molecular weight is 249 g/mol. The van der Waals surface area contributed by atoms with Crippen LogP contribution in [0.2, 0.25) is 0 Å². The summed E-state index contributed by atoms with van der Waals surface area (Å²) in [6.45, 7) is 0. The maximum atomic E-state index is 10.9. The molecular weight excluding hydrogens is 241 g/mol. The largest absolute Gasteiger partial charge is 0.478 e. The topological polar surface area (TPSA) is 63.3 Å². The molecule has 0 aliphatic carbocycles. The number of carboxylic acid groups (broad SMARTS) is 1. The van der Waals surface area contributed by atoms with Gasteiger partial charge in [0.05, 0.1) is 5.56 Å². The van der Waals surface area contributed by atoms with Gasteiger partial charge in [0, 0.05) is 5.56 Å². The smallest absolute Gasteiger partial charge is 0.335 e. The van der Waals surface area contributed by atoms with Gasteiger partial charge < -0.3 is 9.52 Å². The molecule has 1 heterocycles. The van der Waals surface area contributed by atoms with Gasteiger partial charge in [-0.25, -0.2) is 9.78 Å². The highest BCUT2D eigenvalue weighted by molar-refractivity contribution is 6.32. The number of hydrogen-bond acceptors (Lipinski definition) is 3. The van der Waals surface area contributed by atoms with E-state index in [2.05, 4.69) is 4.98 Å². The van der Waals surface area contributed by atoms with Crippen LogP contribution in [0.25, 0.3) is 22.6 Å². The predicted molar refractivity (Wildman–Crippen MR) is 71.8 cm³/mol. The molecule has 0 atom stereocenters. The van der Waals surface area contributed by atoms with Crippen molar-refractivity contribution in [2.45, 2.75) is 0 Å². The number of aromatic carboxylic acids is 1. The summed E-state index contributed by atoms with van der Waals surface area (Å²) in [6.07, 6.45) is 0. The highest BCUT2D eigenvalue weighted by Gasteiger charge is 2.10. The second kappa shape index (κ2) is 4.28. The molecule has 0 amide bonds. The number of fused-ring (bicyclic) bond motifs is 1. The second-order valence-corrected chi connectivity index (χ2v) is 4.13. The minimum absolute atomic E-state index is 0.185. The molecular formula is C14H8BNO3. The summed E-state index contributed by atoms with van der Waals surface area (Å²) in [4.78, 5) is 15.2. The van der Waals surface area contributed by atoms with E-state index in [0.29, 0.717) is 22.5 Å². The molecule has 0 saturated heterocycles. The fourth-order valence-corrected chi connectivity index (χ4v) is 1.81. The molecule has 1 aromatic heterocycles. The first kappa shape index (κ1) is 11.5. The van der Waals surface area contributed by atoms with Crippen molar-refractivity contribution in [1.82, 2.24) is 4.98 Å². The van der Waals surface area contributed by atoms with E-state index in [1.165, 1.54) is 12.1 Å². The van der Waals surface area contributed by atoms with Crippen LogP contribution < -0.4 is 5.46 Å². The van der Waals surface area contributed by atoms with E-state index in [4.69, 9.17) is 17.4 Å². The fourth-order valence-electron chi connectivity index (χ4n) is 1.81. The lowest BCUT2D eigenvalue weighted by Crippen LogP contribution is -1.99. The lowest BCUT2D eigenvalue weighted by Gasteiger charge is -1.95. The van der Waals surface area contributed by atoms with Crippen molar-refractivity contribution in [2.75, 3.05) is 0 Å². The van der Waals surface area contributed by atoms with E-state index in [0.717, 1.165) is 5.56 Å². The molecule has 0 saturated carbocycles. The van der Waals surface area contributed by atoms with Crippen LogP contribution in [-0.2, 0) is 0 Å². The van der Waals surface area contributed by atoms with E-state index in [9.17, 15) is 4.79 Å². The average Bonchev–Trinajstić information content (AvgIpc) is 2.82. The molecule has 1 N–H and O–H groups in total. The molecule has 0 fully saturated rings. The molecule has 5 heteroatoms. The van der Waals surface area contributed by atoms with Crippen LogP contribution >= 0.6 is 0 Å². The van der Waals surface area contributed by atoms with Crippen molar-refractivity contribution in [2.24, 2.45) is 0 Å². The molecule has 0 aliphatic rings. The summed E-state index contributed by atoms with van der Waals surface area (Å²) in [5.74, 6) is -0.545. The van der Waals surface area contributed by atoms with Crippen LogP contribution in [0.4, 0.5) is 0 Å². The Morgan fingerprint density at radius 3 is 2.58 bits per heavy atom. The number of carboxylic acids is 1. The van der Waals surface area contributed by atoms with Crippen LogP contribution in [-0.4, -0.2) is 23.9 Å². The standard InChI is InChI=1S/C14H8BNO3/c15-10-4-1-8(2-5-10)13-16-11-7-9(14(17)18)3-6-12(11)19-13/h1-7H,(H,17,18). The maximum Gasteiger partial charge on any atom is 0.335 e. The molecule has 3 rings (SSSR count). The van der Waals surface area contributed by atoms with E-state index in [1.54, 1.807) is 30.3 Å². The lowest BCUT2D eigenvalue weighted by atomic mass is 9.95. The number of benzene rings is 2. The number of oxazole rings is 1. The highest BCUT2D eigenvalue weighted by Crippen LogP contribution is 2.24. The quantitative estimate of drug-likeness (QED) is 0.705. The van der Waals surface area contributed by atoms with Gasteiger partial charge in [0.2, 0.25) is 5.89 Å². The zero-order chi connectivity index (χ0) is 13.4. The number of rotatable bonds is 2. The van der Waals surface area contributed by atoms with Gasteiger partial charge in [-0.05, 0) is 18.2 Å². The Bertz CT molecular complexity index is 762. The van der Waals surface area contributed by atoms with Crippen molar-refractivity contribution in [3.8, 4) is 11.5 Å². The summed E-state index contributed by atoms with van der Waals surface area (Å²) >= 11 is 0. The fraction of sp³-hybridized carbons (Fsp3) is 0. The molecule has 0 unspecified atom stereocenters. The third kappa shape index (κ3) is 2.10. The zero-order valence-corrected chi connectivity index (χ0v) is 9.83. The summed E-state index contributed by atoms with van der Waals surface area (Å²) in [5, 5.41) is 8.93. The van der Waals surface area contributed by atoms with Crippen LogP contribution in [0.5, 0.6) is 0 Å². The Morgan fingerprint density at radius 1 is 1.16 bits per heavy atom. The summed E-state index contributed by atoms with van der Waals surface area (Å²) in [6, 6.07) is 11.7. The summed E-state index contributed by atoms with van der Waals surface area (Å²) < 4.78 is 5.58. The monoisotopic (exact) mass is 249 g/mol. The van der Waals surface area contributed by atoms with E-state index in [-0.39, 0.29) is 5.56 Å². The van der Waals surface area contributed by atoms with Gasteiger partial charge in [-0.15, -0.1) is 0 Å². The molecule has 0 aliphatic heterocycles. The molecule has 0 spiro atoms. The van der Waals surface area contributed by atoms with E-state index >= 15 is 0 Å². The van der Waals surface area contributed by atoms with Gasteiger partial charge in [0.15, 0.2) is 5.58 Å². The van der Waals surface area contributed by atoms with Crippen molar-refractivity contribution < 1.29 is 14.3 Å². The van der Waals surface area contributed by atoms with Crippen LogP contribution in [0.15, 0.2) is 46.9 Å². The van der Waals surface area contributed by atoms with Gasteiger partial charge in [0.25, 0.3) is 0 Å². The molecule has 3 aromatic rings. The highest BCUT2D eigenvalue weighted by atomic mass is 16.4. The van der Waals surface area contributed by atoms with Gasteiger partial charge in [-0.2, -0.15) is 0 Å². The minimum atomic E-state index is -0.987. The first-order valence-corrected chi connectivity index (χ1v) is 5.63. The second-order valence-electron chi connectivity index (χ2n) is 4.13. The number of nitrogens with zero attached hydrogens (tertiary/aromatic N) is 1. The van der Waals surface area contributed by atoms with Crippen LogP contribution in [0.3, 0.4) is 0 Å². The normalized spacial score (nSPS) is 10.7. The first-order chi connectivity index (χ1) is 9.13. The Morgan fingerprint density at radius 2 is 1.89 bits per heavy atom. The Balaban J connectivity index is 2.11. The molecule has 2 radical (unpaired) electrons. The summed E-state index contributed by atoms with van der Waals surface area (Å²) in [5.41, 5.74) is 2.71. The lowest BCUT2D eigenvalue weighted by molar-refractivity contribution is 0.0697. The number of aromatic nitrogens is 1. The SMILES string of the molecule is [B]c1ccc(-c2nc3cc(C(=O)O)ccc3o2)cc1. The first-order valence-electron chi connectivity index (χ1n) is 5.63. The Kier molecular flexibility index (Phi) is 2.60. The molecule has 19 heavy (non-hydrogen) atoms. The zero-order valence-electron chi connectivity index (χ0n) is 9.83. The van der Waals surface area contributed by atoms with Gasteiger partial charge in [-0.3, -0.25) is 0 Å². The number of hydrogen-bond donors (Lipinski definition) is 1. The van der Waals surface area contributed by atoms with Crippen molar-refractivity contribution in [3.63, 3.8) is 0 Å². The number of carbonyl (C=O) groups is 1. The van der Waals surface area contributed by atoms with Gasteiger partial charge in [-0.1, -0.05) is 29.7 Å². The maximum absolute atomic E-state index is 10.9. The Labute approximate surface area is 110 Å². The third-order valence-corrected chi connectivity index (χ3v) is 2.79. The van der Waals surface area contributed by atoms with Crippen molar-refractivity contribution >= 4 is 30.4 Å².